The predicted molar refractivity (Wildman–Crippen MR) is 110 cm³/mol. The van der Waals surface area contributed by atoms with Gasteiger partial charge in [-0.05, 0) is 59.3 Å². The SMILES string of the molecule is C=CCOC(=O)[C@H]1CC[C@H](N(CC(=O)N2CCC[C@H]2C#N)C(=O)OC(C)(C)C)CC1. The van der Waals surface area contributed by atoms with Crippen molar-refractivity contribution in [1.82, 2.24) is 9.80 Å². The van der Waals surface area contributed by atoms with Gasteiger partial charge in [-0.3, -0.25) is 14.5 Å². The van der Waals surface area contributed by atoms with E-state index in [9.17, 15) is 19.6 Å². The van der Waals surface area contributed by atoms with Gasteiger partial charge >= 0.3 is 12.1 Å². The van der Waals surface area contributed by atoms with E-state index in [0.29, 0.717) is 38.6 Å². The molecule has 0 bridgehead atoms. The Morgan fingerprint density at radius 3 is 2.43 bits per heavy atom. The standard InChI is InChI=1S/C22H33N3O5/c1-5-13-29-20(27)16-8-10-17(11-9-16)25(21(28)30-22(2,3)4)15-19(26)24-12-6-7-18(24)14-23/h5,16-18H,1,6-13,15H2,2-4H3/t16-,17-,18-/m0/s1. The summed E-state index contributed by atoms with van der Waals surface area (Å²) >= 11 is 0. The lowest BCUT2D eigenvalue weighted by Crippen LogP contribution is -2.51. The Morgan fingerprint density at radius 1 is 1.20 bits per heavy atom. The highest BCUT2D eigenvalue weighted by atomic mass is 16.6. The van der Waals surface area contributed by atoms with Crippen molar-refractivity contribution in [3.8, 4) is 6.07 Å². The average Bonchev–Trinajstić information content (AvgIpc) is 3.18. The van der Waals surface area contributed by atoms with Gasteiger partial charge in [0.15, 0.2) is 0 Å². The first-order chi connectivity index (χ1) is 14.2. The second kappa shape index (κ2) is 10.5. The van der Waals surface area contributed by atoms with Crippen LogP contribution in [0.1, 0.15) is 59.3 Å². The van der Waals surface area contributed by atoms with Gasteiger partial charge in [0.1, 0.15) is 24.8 Å². The van der Waals surface area contributed by atoms with E-state index in [1.54, 1.807) is 25.7 Å². The fraction of sp³-hybridized carbons (Fsp3) is 0.727. The van der Waals surface area contributed by atoms with Crippen molar-refractivity contribution in [3.05, 3.63) is 12.7 Å². The molecule has 0 radical (unpaired) electrons. The summed E-state index contributed by atoms with van der Waals surface area (Å²) in [5.41, 5.74) is -0.688. The quantitative estimate of drug-likeness (QED) is 0.485. The number of likely N-dealkylation sites (tertiary alicyclic amines) is 1. The first kappa shape index (κ1) is 23.7. The maximum atomic E-state index is 12.9. The first-order valence-corrected chi connectivity index (χ1v) is 10.6. The van der Waals surface area contributed by atoms with Gasteiger partial charge in [0.2, 0.25) is 5.91 Å². The van der Waals surface area contributed by atoms with E-state index < -0.39 is 17.7 Å². The zero-order valence-corrected chi connectivity index (χ0v) is 18.3. The Labute approximate surface area is 178 Å². The molecule has 1 saturated carbocycles. The monoisotopic (exact) mass is 419 g/mol. The van der Waals surface area contributed by atoms with Crippen LogP contribution in [0.5, 0.6) is 0 Å². The lowest BCUT2D eigenvalue weighted by Gasteiger charge is -2.37. The predicted octanol–water partition coefficient (Wildman–Crippen LogP) is 3.03. The fourth-order valence-corrected chi connectivity index (χ4v) is 3.98. The van der Waals surface area contributed by atoms with E-state index in [4.69, 9.17) is 9.47 Å². The van der Waals surface area contributed by atoms with E-state index in [1.807, 2.05) is 0 Å². The number of rotatable bonds is 6. The van der Waals surface area contributed by atoms with Crippen molar-refractivity contribution in [2.45, 2.75) is 77.0 Å². The molecule has 0 aromatic carbocycles. The topological polar surface area (TPSA) is 99.9 Å². The van der Waals surface area contributed by atoms with Crippen molar-refractivity contribution in [3.63, 3.8) is 0 Å². The molecular weight excluding hydrogens is 386 g/mol. The molecule has 1 saturated heterocycles. The Morgan fingerprint density at radius 2 is 1.87 bits per heavy atom. The number of carbonyl (C=O) groups is 3. The lowest BCUT2D eigenvalue weighted by molar-refractivity contribution is -0.149. The molecular formula is C22H33N3O5. The summed E-state index contributed by atoms with van der Waals surface area (Å²) in [4.78, 5) is 40.9. The van der Waals surface area contributed by atoms with Crippen LogP contribution in [0.25, 0.3) is 0 Å². The number of hydrogen-bond acceptors (Lipinski definition) is 6. The van der Waals surface area contributed by atoms with Gasteiger partial charge in [0, 0.05) is 12.6 Å². The van der Waals surface area contributed by atoms with Gasteiger partial charge in [-0.1, -0.05) is 12.7 Å². The number of esters is 1. The number of carbonyl (C=O) groups excluding carboxylic acids is 3. The zero-order chi connectivity index (χ0) is 22.3. The Hall–Kier alpha value is -2.56. The summed E-state index contributed by atoms with van der Waals surface area (Å²) in [6, 6.07) is 1.53. The summed E-state index contributed by atoms with van der Waals surface area (Å²) in [5, 5.41) is 9.27. The Bertz CT molecular complexity index is 686. The molecule has 0 aromatic rings. The molecule has 0 unspecified atom stereocenters. The maximum Gasteiger partial charge on any atom is 0.411 e. The molecule has 2 fully saturated rings. The molecule has 1 aliphatic heterocycles. The van der Waals surface area contributed by atoms with Gasteiger partial charge < -0.3 is 14.4 Å². The second-order valence-corrected chi connectivity index (χ2v) is 8.91. The molecule has 2 aliphatic rings. The molecule has 0 spiro atoms. The van der Waals surface area contributed by atoms with E-state index in [1.165, 1.54) is 11.0 Å². The van der Waals surface area contributed by atoms with Crippen molar-refractivity contribution in [2.24, 2.45) is 5.92 Å². The van der Waals surface area contributed by atoms with Gasteiger partial charge in [0.05, 0.1) is 12.0 Å². The molecule has 2 amide bonds. The van der Waals surface area contributed by atoms with E-state index in [2.05, 4.69) is 12.6 Å². The van der Waals surface area contributed by atoms with Crippen LogP contribution < -0.4 is 0 Å². The summed E-state index contributed by atoms with van der Waals surface area (Å²) in [6.07, 6.45) is 4.77. The van der Waals surface area contributed by atoms with Gasteiger partial charge in [-0.15, -0.1) is 0 Å². The van der Waals surface area contributed by atoms with Crippen LogP contribution >= 0.6 is 0 Å². The molecule has 2 rings (SSSR count). The number of ether oxygens (including phenoxy) is 2. The molecule has 8 heteroatoms. The third kappa shape index (κ3) is 6.48. The van der Waals surface area contributed by atoms with Crippen molar-refractivity contribution in [1.29, 1.82) is 5.26 Å². The highest BCUT2D eigenvalue weighted by molar-refractivity contribution is 5.83. The molecule has 30 heavy (non-hydrogen) atoms. The van der Waals surface area contributed by atoms with Crippen LogP contribution in [0, 0.1) is 17.2 Å². The highest BCUT2D eigenvalue weighted by Crippen LogP contribution is 2.30. The van der Waals surface area contributed by atoms with Crippen LogP contribution in [0.15, 0.2) is 12.7 Å². The van der Waals surface area contributed by atoms with Crippen LogP contribution in [0.2, 0.25) is 0 Å². The molecule has 0 N–H and O–H groups in total. The number of hydrogen-bond donors (Lipinski definition) is 0. The van der Waals surface area contributed by atoms with Crippen LogP contribution in [-0.4, -0.2) is 65.2 Å². The molecule has 1 aliphatic carbocycles. The summed E-state index contributed by atoms with van der Waals surface area (Å²) in [7, 11) is 0. The van der Waals surface area contributed by atoms with Gasteiger partial charge in [0.25, 0.3) is 0 Å². The third-order valence-electron chi connectivity index (χ3n) is 5.47. The number of nitriles is 1. The summed E-state index contributed by atoms with van der Waals surface area (Å²) in [6.45, 7) is 9.48. The normalized spacial score (nSPS) is 23.9. The Balaban J connectivity index is 2.06. The Kier molecular flexibility index (Phi) is 8.27. The van der Waals surface area contributed by atoms with Crippen molar-refractivity contribution >= 4 is 18.0 Å². The van der Waals surface area contributed by atoms with E-state index in [-0.39, 0.29) is 37.0 Å². The first-order valence-electron chi connectivity index (χ1n) is 10.6. The van der Waals surface area contributed by atoms with Crippen molar-refractivity contribution < 1.29 is 23.9 Å². The molecule has 0 aromatic heterocycles. The minimum Gasteiger partial charge on any atom is -0.461 e. The molecule has 1 heterocycles. The number of nitrogens with zero attached hydrogens (tertiary/aromatic N) is 3. The minimum absolute atomic E-state index is 0.122. The van der Waals surface area contributed by atoms with Crippen molar-refractivity contribution in [2.75, 3.05) is 19.7 Å². The van der Waals surface area contributed by atoms with Crippen LogP contribution in [-0.2, 0) is 19.1 Å². The highest BCUT2D eigenvalue weighted by Gasteiger charge is 2.37. The lowest BCUT2D eigenvalue weighted by atomic mass is 9.85. The zero-order valence-electron chi connectivity index (χ0n) is 18.3. The van der Waals surface area contributed by atoms with E-state index >= 15 is 0 Å². The van der Waals surface area contributed by atoms with Gasteiger partial charge in [-0.2, -0.15) is 5.26 Å². The average molecular weight is 420 g/mol. The third-order valence-corrected chi connectivity index (χ3v) is 5.47. The molecule has 166 valence electrons. The smallest absolute Gasteiger partial charge is 0.411 e. The molecule has 1 atom stereocenters. The van der Waals surface area contributed by atoms with Crippen LogP contribution in [0.4, 0.5) is 4.79 Å². The van der Waals surface area contributed by atoms with Gasteiger partial charge in [-0.25, -0.2) is 4.79 Å². The fourth-order valence-electron chi connectivity index (χ4n) is 3.98. The summed E-state index contributed by atoms with van der Waals surface area (Å²) < 4.78 is 10.7. The van der Waals surface area contributed by atoms with Crippen LogP contribution in [0.3, 0.4) is 0 Å². The minimum atomic E-state index is -0.688. The molecule has 8 nitrogen and oxygen atoms in total. The largest absolute Gasteiger partial charge is 0.461 e. The number of amides is 2. The van der Waals surface area contributed by atoms with E-state index in [0.717, 1.165) is 6.42 Å². The second-order valence-electron chi connectivity index (χ2n) is 8.91. The summed E-state index contributed by atoms with van der Waals surface area (Å²) in [5.74, 6) is -0.696. The maximum absolute atomic E-state index is 12.9.